The van der Waals surface area contributed by atoms with Gasteiger partial charge in [0.2, 0.25) is 11.8 Å². The van der Waals surface area contributed by atoms with Crippen LogP contribution in [0.2, 0.25) is 10.0 Å². The molecule has 2 aromatic carbocycles. The van der Waals surface area contributed by atoms with Crippen molar-refractivity contribution in [3.05, 3.63) is 68.4 Å². The molecule has 1 saturated carbocycles. The van der Waals surface area contributed by atoms with E-state index < -0.39 is 40.7 Å². The minimum atomic E-state index is -4.65. The number of thiazole rings is 1. The van der Waals surface area contributed by atoms with Crippen molar-refractivity contribution in [3.63, 3.8) is 0 Å². The number of hydrogen-bond acceptors (Lipinski definition) is 6. The molecule has 0 saturated heterocycles. The van der Waals surface area contributed by atoms with E-state index in [0.717, 1.165) is 29.5 Å². The highest BCUT2D eigenvalue weighted by atomic mass is 35.5. The van der Waals surface area contributed by atoms with Gasteiger partial charge in [-0.2, -0.15) is 13.2 Å². The molecule has 8 nitrogen and oxygen atoms in total. The van der Waals surface area contributed by atoms with Gasteiger partial charge in [0.05, 0.1) is 33.6 Å². The first-order chi connectivity index (χ1) is 18.3. The molecule has 1 aromatic heterocycles. The minimum absolute atomic E-state index is 0.0380. The van der Waals surface area contributed by atoms with Crippen molar-refractivity contribution in [1.29, 1.82) is 0 Å². The summed E-state index contributed by atoms with van der Waals surface area (Å²) in [5.41, 5.74) is -2.50. The number of anilines is 3. The number of halogens is 6. The Hall–Kier alpha value is -3.26. The average Bonchev–Trinajstić information content (AvgIpc) is 3.59. The molecule has 0 unspecified atom stereocenters. The molecule has 1 fully saturated rings. The number of rotatable bonds is 8. The second-order valence-corrected chi connectivity index (χ2v) is 10.3. The number of ether oxygens (including phenoxy) is 1. The van der Waals surface area contributed by atoms with Gasteiger partial charge in [0.1, 0.15) is 16.1 Å². The van der Waals surface area contributed by atoms with E-state index in [-0.39, 0.29) is 56.6 Å². The Morgan fingerprint density at radius 3 is 2.31 bits per heavy atom. The van der Waals surface area contributed by atoms with Gasteiger partial charge in [-0.1, -0.05) is 34.5 Å². The lowest BCUT2D eigenvalue weighted by atomic mass is 10.1. The van der Waals surface area contributed by atoms with Gasteiger partial charge >= 0.3 is 6.18 Å². The standard InChI is InChI=1S/C24H18Cl2F4N4O4S/c1-38-10-17-18(19(35)32-16-8-11(24(28,29)30)2-4-14(16)26)39-22(33-17)34-21(37)23(6-7-23)20(36)31-12-3-5-13(25)15(27)9-12/h2-5,8-9H,6-7,10H2,1H3,(H,31,36)(H,32,35)(H,33,34,37). The first kappa shape index (κ1) is 28.7. The highest BCUT2D eigenvalue weighted by Gasteiger charge is 2.56. The van der Waals surface area contributed by atoms with Crippen LogP contribution in [0, 0.1) is 11.2 Å². The highest BCUT2D eigenvalue weighted by molar-refractivity contribution is 7.17. The summed E-state index contributed by atoms with van der Waals surface area (Å²) in [4.78, 5) is 42.9. The quantitative estimate of drug-likeness (QED) is 0.205. The minimum Gasteiger partial charge on any atom is -0.378 e. The van der Waals surface area contributed by atoms with E-state index in [1.807, 2.05) is 0 Å². The van der Waals surface area contributed by atoms with E-state index >= 15 is 0 Å². The Labute approximate surface area is 232 Å². The summed E-state index contributed by atoms with van der Waals surface area (Å²) in [6.07, 6.45) is -4.21. The van der Waals surface area contributed by atoms with Gasteiger partial charge < -0.3 is 20.7 Å². The third-order valence-corrected chi connectivity index (χ3v) is 7.39. The zero-order chi connectivity index (χ0) is 28.5. The van der Waals surface area contributed by atoms with E-state index in [0.29, 0.717) is 6.07 Å². The maximum absolute atomic E-state index is 13.7. The van der Waals surface area contributed by atoms with Gasteiger partial charge in [-0.25, -0.2) is 9.37 Å². The van der Waals surface area contributed by atoms with Crippen LogP contribution in [-0.4, -0.2) is 29.8 Å². The van der Waals surface area contributed by atoms with E-state index in [9.17, 15) is 31.9 Å². The molecule has 1 aliphatic rings. The monoisotopic (exact) mass is 604 g/mol. The number of benzene rings is 2. The molecular formula is C24H18Cl2F4N4O4S. The number of nitrogens with one attached hydrogen (secondary N) is 3. The van der Waals surface area contributed by atoms with Gasteiger partial charge in [-0.05, 0) is 49.2 Å². The number of nitrogens with zero attached hydrogens (tertiary/aromatic N) is 1. The summed E-state index contributed by atoms with van der Waals surface area (Å²) in [5, 5.41) is 7.05. The molecule has 0 radical (unpaired) electrons. The van der Waals surface area contributed by atoms with E-state index in [1.54, 1.807) is 0 Å². The molecule has 3 aromatic rings. The smallest absolute Gasteiger partial charge is 0.378 e. The average molecular weight is 605 g/mol. The number of alkyl halides is 3. The van der Waals surface area contributed by atoms with E-state index in [1.165, 1.54) is 19.2 Å². The summed E-state index contributed by atoms with van der Waals surface area (Å²) in [6, 6.07) is 6.15. The molecule has 4 rings (SSSR count). The Morgan fingerprint density at radius 1 is 1.03 bits per heavy atom. The molecule has 0 bridgehead atoms. The number of carbonyl (C=O) groups excluding carboxylic acids is 3. The summed E-state index contributed by atoms with van der Waals surface area (Å²) in [6.45, 7) is -0.154. The third kappa shape index (κ3) is 6.32. The predicted octanol–water partition coefficient (Wildman–Crippen LogP) is 6.36. The molecule has 0 aliphatic heterocycles. The molecular weight excluding hydrogens is 587 g/mol. The predicted molar refractivity (Wildman–Crippen MR) is 138 cm³/mol. The third-order valence-electron chi connectivity index (χ3n) is 5.74. The van der Waals surface area contributed by atoms with Gasteiger partial charge in [-0.15, -0.1) is 0 Å². The van der Waals surface area contributed by atoms with Gasteiger partial charge in [-0.3, -0.25) is 14.4 Å². The van der Waals surface area contributed by atoms with Crippen LogP contribution in [0.1, 0.15) is 33.8 Å². The van der Waals surface area contributed by atoms with Crippen LogP contribution in [-0.2, 0) is 27.1 Å². The zero-order valence-corrected chi connectivity index (χ0v) is 22.2. The van der Waals surface area contributed by atoms with Crippen molar-refractivity contribution in [1.82, 2.24) is 4.98 Å². The zero-order valence-electron chi connectivity index (χ0n) is 19.8. The maximum atomic E-state index is 13.7. The summed E-state index contributed by atoms with van der Waals surface area (Å²) in [5.74, 6) is -2.92. The van der Waals surface area contributed by atoms with Crippen LogP contribution in [0.3, 0.4) is 0 Å². The van der Waals surface area contributed by atoms with E-state index in [4.69, 9.17) is 27.9 Å². The Balaban J connectivity index is 1.51. The van der Waals surface area contributed by atoms with Crippen molar-refractivity contribution in [2.75, 3.05) is 23.1 Å². The van der Waals surface area contributed by atoms with Crippen LogP contribution in [0.4, 0.5) is 34.1 Å². The van der Waals surface area contributed by atoms with Crippen LogP contribution >= 0.6 is 34.5 Å². The number of aromatic nitrogens is 1. The van der Waals surface area contributed by atoms with Crippen LogP contribution in [0.15, 0.2) is 36.4 Å². The number of hydrogen-bond donors (Lipinski definition) is 3. The number of amides is 3. The molecule has 1 heterocycles. The van der Waals surface area contributed by atoms with Crippen LogP contribution < -0.4 is 16.0 Å². The van der Waals surface area contributed by atoms with Crippen molar-refractivity contribution in [2.24, 2.45) is 5.41 Å². The maximum Gasteiger partial charge on any atom is 0.416 e. The Morgan fingerprint density at radius 2 is 1.69 bits per heavy atom. The fourth-order valence-corrected chi connectivity index (χ4v) is 4.66. The molecule has 15 heteroatoms. The van der Waals surface area contributed by atoms with Crippen molar-refractivity contribution in [3.8, 4) is 0 Å². The lowest BCUT2D eigenvalue weighted by Crippen LogP contribution is -2.35. The molecule has 0 atom stereocenters. The lowest BCUT2D eigenvalue weighted by Gasteiger charge is -2.14. The molecule has 3 N–H and O–H groups in total. The second-order valence-electron chi connectivity index (χ2n) is 8.49. The van der Waals surface area contributed by atoms with Gasteiger partial charge in [0, 0.05) is 12.8 Å². The summed E-state index contributed by atoms with van der Waals surface area (Å²) >= 11 is 12.4. The lowest BCUT2D eigenvalue weighted by molar-refractivity contribution is -0.137. The fraction of sp³-hybridized carbons (Fsp3) is 0.250. The molecule has 3 amide bonds. The largest absolute Gasteiger partial charge is 0.416 e. The van der Waals surface area contributed by atoms with Crippen molar-refractivity contribution >= 4 is 68.8 Å². The van der Waals surface area contributed by atoms with Gasteiger partial charge in [0.15, 0.2) is 5.13 Å². The topological polar surface area (TPSA) is 109 Å². The highest BCUT2D eigenvalue weighted by Crippen LogP contribution is 2.48. The molecule has 0 spiro atoms. The molecule has 39 heavy (non-hydrogen) atoms. The molecule has 1 aliphatic carbocycles. The Bertz CT molecular complexity index is 1460. The second kappa shape index (κ2) is 11.1. The normalized spacial score (nSPS) is 14.0. The number of methoxy groups -OCH3 is 1. The fourth-order valence-electron chi connectivity index (χ4n) is 3.52. The SMILES string of the molecule is COCc1nc(NC(=O)C2(C(=O)Nc3ccc(Cl)c(F)c3)CC2)sc1C(=O)Nc1cc(C(F)(F)F)ccc1Cl. The Kier molecular flexibility index (Phi) is 8.17. The molecule has 206 valence electrons. The van der Waals surface area contributed by atoms with Crippen molar-refractivity contribution in [2.45, 2.75) is 25.6 Å². The first-order valence-electron chi connectivity index (χ1n) is 11.1. The van der Waals surface area contributed by atoms with Crippen LogP contribution in [0.5, 0.6) is 0 Å². The first-order valence-corrected chi connectivity index (χ1v) is 12.7. The van der Waals surface area contributed by atoms with Crippen LogP contribution in [0.25, 0.3) is 0 Å². The van der Waals surface area contributed by atoms with Crippen molar-refractivity contribution < 1.29 is 36.7 Å². The van der Waals surface area contributed by atoms with Gasteiger partial charge in [0.25, 0.3) is 5.91 Å². The summed E-state index contributed by atoms with van der Waals surface area (Å²) < 4.78 is 58.0. The number of carbonyl (C=O) groups is 3. The summed E-state index contributed by atoms with van der Waals surface area (Å²) in [7, 11) is 1.34. The van der Waals surface area contributed by atoms with E-state index in [2.05, 4.69) is 20.9 Å².